The van der Waals surface area contributed by atoms with Crippen molar-refractivity contribution < 1.29 is 145 Å². The minimum atomic E-state index is -4.82. The van der Waals surface area contributed by atoms with Gasteiger partial charge in [0.1, 0.15) is 101 Å². The number of nitrogens with two attached hydrogens (primary N) is 1. The Hall–Kier alpha value is -12.1. The molecule has 39 nitrogen and oxygen atoms in total. The molecular weight excluding hydrogens is 1720 g/mol. The summed E-state index contributed by atoms with van der Waals surface area (Å²) < 4.78 is 96.7. The number of hydrogen-bond acceptors (Lipinski definition) is 29. The number of aromatic nitrogens is 2. The number of phenolic OH excluding ortho intramolecular Hbond substituents is 3. The number of hydrogen-bond donors (Lipinski definition) is 20. The van der Waals surface area contributed by atoms with E-state index in [0.717, 1.165) is 102 Å². The molecule has 0 radical (unpaired) electrons. The smallest absolute Gasteiger partial charge is 0.461 e. The Kier molecular flexibility index (Phi) is 28.3. The van der Waals surface area contributed by atoms with Crippen molar-refractivity contribution in [3.05, 3.63) is 169 Å². The summed E-state index contributed by atoms with van der Waals surface area (Å²) in [5.41, 5.74) is 0.0341. The lowest BCUT2D eigenvalue weighted by Crippen LogP contribution is -2.65. The molecule has 45 heteroatoms. The van der Waals surface area contributed by atoms with Gasteiger partial charge in [0, 0.05) is 59.6 Å². The maximum absolute atomic E-state index is 16.2. The Morgan fingerprint density at radius 2 is 1.36 bits per heavy atom. The number of aromatic hydroxyl groups is 3. The molecular formula is C81H86Cl2F4N12O27. The molecule has 7 aliphatic heterocycles. The van der Waals surface area contributed by atoms with Crippen molar-refractivity contribution in [1.82, 2.24) is 52.1 Å². The number of halogens is 6. The van der Waals surface area contributed by atoms with E-state index in [1.807, 2.05) is 0 Å². The molecule has 8 heterocycles. The number of phenols is 3. The maximum Gasteiger partial charge on any atom is 0.461 e. The summed E-state index contributed by atoms with van der Waals surface area (Å²) in [4.78, 5) is 148. The average Bonchev–Trinajstić information content (AvgIpc) is 0.768. The van der Waals surface area contributed by atoms with Crippen LogP contribution in [0.25, 0.3) is 11.1 Å². The van der Waals surface area contributed by atoms with E-state index >= 15 is 14.4 Å². The molecule has 14 rings (SSSR count). The fraction of sp³-hybridized carbons (Fsp3) is 0.395. The van der Waals surface area contributed by atoms with Crippen LogP contribution in [0.4, 0.5) is 23.4 Å². The largest absolute Gasteiger partial charge is 0.508 e. The molecule has 4 unspecified atom stereocenters. The number of carboxylic acids is 1. The minimum Gasteiger partial charge on any atom is -0.508 e. The quantitative estimate of drug-likeness (QED) is 0.0433. The number of anilines is 1. The number of amides is 8. The Morgan fingerprint density at radius 3 is 1.96 bits per heavy atom. The monoisotopic (exact) mass is 1800 g/mol. The number of fused-ring (bicyclic) bond motifs is 15. The molecule has 18 atom stereocenters. The van der Waals surface area contributed by atoms with Crippen molar-refractivity contribution in [3.8, 4) is 62.9 Å². The lowest BCUT2D eigenvalue weighted by Gasteiger charge is -2.48. The van der Waals surface area contributed by atoms with Gasteiger partial charge in [-0.25, -0.2) is 9.59 Å². The van der Waals surface area contributed by atoms with Gasteiger partial charge in [-0.3, -0.25) is 42.9 Å². The zero-order valence-corrected chi connectivity index (χ0v) is 68.3. The number of aliphatic hydroxyl groups is 6. The average molecular weight is 1810 g/mol. The summed E-state index contributed by atoms with van der Waals surface area (Å²) in [6.07, 6.45) is -27.9. The number of likely N-dealkylation sites (N-methyl/N-ethyl adjacent to an activating group) is 1. The van der Waals surface area contributed by atoms with Gasteiger partial charge < -0.3 is 138 Å². The van der Waals surface area contributed by atoms with E-state index in [0.29, 0.717) is 0 Å². The van der Waals surface area contributed by atoms with Crippen LogP contribution in [-0.4, -0.2) is 225 Å². The highest BCUT2D eigenvalue weighted by Crippen LogP contribution is 2.50. The lowest BCUT2D eigenvalue weighted by molar-refractivity contribution is -0.334. The first-order valence-corrected chi connectivity index (χ1v) is 39.6. The molecule has 0 spiro atoms. The summed E-state index contributed by atoms with van der Waals surface area (Å²) in [5.74, 6) is -18.7. The molecule has 11 bridgehead atoms. The minimum absolute atomic E-state index is 0.138. The summed E-state index contributed by atoms with van der Waals surface area (Å²) in [7, 11) is 1.45. The molecule has 6 aromatic carbocycles. The highest BCUT2D eigenvalue weighted by molar-refractivity contribution is 6.32. The molecule has 7 aliphatic rings. The number of carbonyl (C=O) groups excluding carboxylic acids is 8. The number of alkyl halides is 4. The van der Waals surface area contributed by atoms with Gasteiger partial charge in [0.25, 0.3) is 5.91 Å². The van der Waals surface area contributed by atoms with Crippen LogP contribution in [0.2, 0.25) is 10.0 Å². The Morgan fingerprint density at radius 1 is 0.730 bits per heavy atom. The second kappa shape index (κ2) is 38.4. The van der Waals surface area contributed by atoms with Crippen LogP contribution in [0.15, 0.2) is 120 Å². The zero-order valence-electron chi connectivity index (χ0n) is 66.8. The molecule has 2 saturated heterocycles. The highest BCUT2D eigenvalue weighted by atomic mass is 35.5. The zero-order chi connectivity index (χ0) is 91.6. The fourth-order valence-corrected chi connectivity index (χ4v) is 15.3. The number of nitrogens with zero attached hydrogens (tertiary/aromatic N) is 2. The van der Waals surface area contributed by atoms with Gasteiger partial charge in [0.2, 0.25) is 53.4 Å². The molecule has 0 aliphatic carbocycles. The Labute approximate surface area is 720 Å². The van der Waals surface area contributed by atoms with Gasteiger partial charge in [-0.15, -0.1) is 0 Å². The molecule has 674 valence electrons. The third-order valence-corrected chi connectivity index (χ3v) is 21.9. The molecule has 126 heavy (non-hydrogen) atoms. The summed E-state index contributed by atoms with van der Waals surface area (Å²) in [6, 6.07) is 3.32. The maximum atomic E-state index is 16.2. The number of primary amides is 1. The van der Waals surface area contributed by atoms with Crippen LogP contribution in [-0.2, 0) is 59.1 Å². The van der Waals surface area contributed by atoms with E-state index in [1.54, 1.807) is 13.8 Å². The van der Waals surface area contributed by atoms with E-state index in [4.69, 9.17) is 57.4 Å². The molecule has 21 N–H and O–H groups in total. The molecule has 7 aromatic rings. The van der Waals surface area contributed by atoms with Crippen molar-refractivity contribution in [2.75, 3.05) is 25.5 Å². The first-order valence-electron chi connectivity index (χ1n) is 38.8. The number of aliphatic hydroxyl groups excluding tert-OH is 6. The van der Waals surface area contributed by atoms with Crippen LogP contribution in [0.1, 0.15) is 115 Å². The van der Waals surface area contributed by atoms with Crippen LogP contribution in [0.3, 0.4) is 0 Å². The second-order valence-electron chi connectivity index (χ2n) is 30.8. The Bertz CT molecular complexity index is 5420. The van der Waals surface area contributed by atoms with Gasteiger partial charge in [-0.2, -0.15) is 22.5 Å². The van der Waals surface area contributed by atoms with Crippen LogP contribution in [0.5, 0.6) is 51.7 Å². The van der Waals surface area contributed by atoms with Crippen LogP contribution < -0.4 is 78.2 Å². The topological polar surface area (TPSA) is 590 Å². The number of carbonyl (C=O) groups is 9. The van der Waals surface area contributed by atoms with Crippen molar-refractivity contribution in [1.29, 1.82) is 0 Å². The molecule has 8 amide bonds. The molecule has 2 fully saturated rings. The normalized spacial score (nSPS) is 26.0. The van der Waals surface area contributed by atoms with Gasteiger partial charge >= 0.3 is 24.2 Å². The fourth-order valence-electron chi connectivity index (χ4n) is 14.8. The first-order chi connectivity index (χ1) is 59.5. The van der Waals surface area contributed by atoms with Gasteiger partial charge in [0.05, 0.1) is 41.3 Å². The predicted molar refractivity (Wildman–Crippen MR) is 428 cm³/mol. The van der Waals surface area contributed by atoms with E-state index in [2.05, 4.69) is 57.6 Å². The highest BCUT2D eigenvalue weighted by Gasteiger charge is 2.53. The van der Waals surface area contributed by atoms with Crippen molar-refractivity contribution >= 4 is 82.2 Å². The number of benzene rings is 6. The number of rotatable bonds is 22. The summed E-state index contributed by atoms with van der Waals surface area (Å²) >= 11 is 14.3. The van der Waals surface area contributed by atoms with E-state index in [9.17, 15) is 102 Å². The number of aliphatic carboxylic acids is 1. The Balaban J connectivity index is 0.971. The SMILES string of the molecule is CN[C@@H](CC(C)C)C(=O)N[C@H]1C(=O)N[C@@H](CC(N)=O)C(=O)NC2C(=O)N[C@@H]3C(=O)N[C@@H](C(=O)N[C@@H](C(=O)O)c4cc(O)cc(O)c4-c4cc3ccc4O)[C@H](O)c3ccc(c(Cl)c3)Oc3cc2cc(c3OC2O[C@@H](CO)[C@@H](O)[C@@H](O)[C@H]2O[C@H]2CC(C)(NCCn3ccc(NC(=O)c4ccc(OC(F)(F)C(F)F)cc4)nc3=O)[C@@H](O)C(C)O2)Oc2ccc(cc2Cl)[C@H]1O. The van der Waals surface area contributed by atoms with Gasteiger partial charge in [-0.05, 0) is 140 Å². The number of ether oxygens (including phenoxy) is 7. The third kappa shape index (κ3) is 20.5. The molecule has 1 aromatic heterocycles. The number of nitrogens with one attached hydrogen (secondary N) is 9. The van der Waals surface area contributed by atoms with Crippen molar-refractivity contribution in [2.24, 2.45) is 11.7 Å². The second-order valence-corrected chi connectivity index (χ2v) is 31.6. The van der Waals surface area contributed by atoms with Gasteiger partial charge in [0.15, 0.2) is 29.9 Å². The van der Waals surface area contributed by atoms with E-state index in [-0.39, 0.29) is 54.4 Å². The molecule has 0 saturated carbocycles. The lowest BCUT2D eigenvalue weighted by atomic mass is 9.85. The van der Waals surface area contributed by atoms with E-state index in [1.165, 1.54) is 39.2 Å². The van der Waals surface area contributed by atoms with E-state index < -0.39 is 283 Å². The van der Waals surface area contributed by atoms with Gasteiger partial charge in [-0.1, -0.05) is 55.2 Å². The van der Waals surface area contributed by atoms with Crippen molar-refractivity contribution in [3.63, 3.8) is 0 Å². The summed E-state index contributed by atoms with van der Waals surface area (Å²) in [5, 5.41) is 138. The first kappa shape index (κ1) is 93.1. The predicted octanol–water partition coefficient (Wildman–Crippen LogP) is 2.48. The van der Waals surface area contributed by atoms with Crippen molar-refractivity contribution in [2.45, 2.75) is 175 Å². The number of carboxylic acid groups (broad SMARTS) is 1. The van der Waals surface area contributed by atoms with Crippen LogP contribution >= 0.6 is 23.2 Å². The summed E-state index contributed by atoms with van der Waals surface area (Å²) in [6.45, 7) is 5.18. The standard InChI is InChI=1S/C81H86Cl2F4N12O27/c1-31(2)20-44(89-5)70(111)97-60-62(105)35-9-14-48(42(82)22-35)121-50-24-37-25-51(66(50)125-77-67(65(108)64(107)52(30-100)123-77)124-55-29-80(4,68(109)32(3)120-55)90-17-19-99-18-16-54(93-79(99)119)92-69(110)33-6-11-39(12-7-33)126-81(86,87)78(84)85)122-49-15-10-36(23-43(49)83)63(106)61-75(116)96-59(76(117)118)41-26-38(101)27-47(103)56(41)40-21-34(8-13-46(40)102)57(72(113)98-61)95-73(114)58(37)94-71(112)45(28-53(88)104)91-74(60)115/h6-16,18,21-27,31-32,44-45,52,55,57-65,67-68,77-78,89-90,100-103,105-109H,17,19-20,28-30H2,1-5H3,(H2,88,104)(H,91,115)(H,94,112)(H,95,114)(H,96,116)(H,97,111)(H,98,113)(H,117,118)(H,92,93,110,119)/t32?,44-,45-,52-,55-,57-,58?,59+,60+,61+,62+,63+,64+,65+,67+,68-,77?,80?/m0/s1. The van der Waals surface area contributed by atoms with Crippen LogP contribution in [0, 0.1) is 5.92 Å². The third-order valence-electron chi connectivity index (χ3n) is 21.4.